The van der Waals surface area contributed by atoms with E-state index < -0.39 is 17.8 Å². The largest absolute Gasteiger partial charge is 0.462 e. The van der Waals surface area contributed by atoms with Crippen LogP contribution in [0.4, 0.5) is 4.39 Å². The number of halogens is 1. The van der Waals surface area contributed by atoms with Crippen LogP contribution in [-0.2, 0) is 22.6 Å². The second-order valence-corrected chi connectivity index (χ2v) is 7.34. The number of hydrogen-bond donors (Lipinski definition) is 0. The second-order valence-electron chi connectivity index (χ2n) is 6.29. The van der Waals surface area contributed by atoms with Gasteiger partial charge < -0.3 is 13.9 Å². The molecule has 0 saturated heterocycles. The van der Waals surface area contributed by atoms with Crippen molar-refractivity contribution >= 4 is 33.4 Å². The summed E-state index contributed by atoms with van der Waals surface area (Å²) in [5.41, 5.74) is 0.281. The van der Waals surface area contributed by atoms with Gasteiger partial charge in [0.2, 0.25) is 5.76 Å². The fourth-order valence-electron chi connectivity index (χ4n) is 3.00. The summed E-state index contributed by atoms with van der Waals surface area (Å²) in [5, 5.41) is 4.32. The van der Waals surface area contributed by atoms with Crippen molar-refractivity contribution in [2.45, 2.75) is 20.1 Å². The minimum atomic E-state index is -0.716. The monoisotopic (exact) mass is 428 g/mol. The highest BCUT2D eigenvalue weighted by Gasteiger charge is 2.23. The highest BCUT2D eigenvalue weighted by atomic mass is 32.1. The van der Waals surface area contributed by atoms with Crippen molar-refractivity contribution in [1.82, 2.24) is 9.78 Å². The smallest absolute Gasteiger partial charge is 0.374 e. The van der Waals surface area contributed by atoms with E-state index in [2.05, 4.69) is 5.10 Å². The Balaban J connectivity index is 1.54. The average Bonchev–Trinajstić information content (AvgIpc) is 3.47. The second kappa shape index (κ2) is 8.50. The van der Waals surface area contributed by atoms with E-state index in [4.69, 9.17) is 13.9 Å². The molecule has 0 fully saturated rings. The molecule has 0 aliphatic heterocycles. The molecule has 1 aromatic carbocycles. The number of carbonyl (C=O) groups excluding carboxylic acids is 2. The maximum absolute atomic E-state index is 14.4. The lowest BCUT2D eigenvalue weighted by atomic mass is 10.1. The van der Waals surface area contributed by atoms with Crippen LogP contribution in [0.3, 0.4) is 0 Å². The topological polar surface area (TPSA) is 83.6 Å². The summed E-state index contributed by atoms with van der Waals surface area (Å²) in [4.78, 5) is 25.0. The van der Waals surface area contributed by atoms with Crippen LogP contribution in [0.2, 0.25) is 0 Å². The Hall–Kier alpha value is -3.46. The fraction of sp³-hybridized carbons (Fsp3) is 0.190. The summed E-state index contributed by atoms with van der Waals surface area (Å²) in [5.74, 6) is -1.25. The van der Waals surface area contributed by atoms with Crippen molar-refractivity contribution in [3.8, 4) is 0 Å². The zero-order valence-electron chi connectivity index (χ0n) is 16.0. The third-order valence-corrected chi connectivity index (χ3v) is 5.49. The molecule has 4 aromatic rings. The highest BCUT2D eigenvalue weighted by Crippen LogP contribution is 2.34. The maximum Gasteiger partial charge on any atom is 0.374 e. The van der Waals surface area contributed by atoms with E-state index in [0.29, 0.717) is 17.0 Å². The number of hydrogen-bond acceptors (Lipinski definition) is 7. The van der Waals surface area contributed by atoms with Crippen molar-refractivity contribution in [2.75, 3.05) is 6.61 Å². The third kappa shape index (κ3) is 3.97. The molecule has 0 atom stereocenters. The van der Waals surface area contributed by atoms with Gasteiger partial charge in [-0.25, -0.2) is 14.0 Å². The Morgan fingerprint density at radius 2 is 2.03 bits per heavy atom. The standard InChI is InChI=1S/C21H17FN2O5S/c1-2-27-21(26)19-14(18-15(22)5-3-6-17(18)30-19)12-28-20(25)16-8-7-13(29-16)11-24-10-4-9-23-24/h3-10H,2,11-12H2,1H3. The van der Waals surface area contributed by atoms with Gasteiger partial charge in [0.1, 0.15) is 23.1 Å². The van der Waals surface area contributed by atoms with Crippen LogP contribution in [0.5, 0.6) is 0 Å². The van der Waals surface area contributed by atoms with Crippen molar-refractivity contribution < 1.29 is 27.9 Å². The molecule has 0 N–H and O–H groups in total. The molecule has 4 rings (SSSR count). The summed E-state index contributed by atoms with van der Waals surface area (Å²) < 4.78 is 32.6. The summed E-state index contributed by atoms with van der Waals surface area (Å²) >= 11 is 1.10. The Morgan fingerprint density at radius 1 is 1.17 bits per heavy atom. The number of furan rings is 1. The average molecular weight is 428 g/mol. The Kier molecular flexibility index (Phi) is 5.62. The number of nitrogens with zero attached hydrogens (tertiary/aromatic N) is 2. The van der Waals surface area contributed by atoms with Gasteiger partial charge in [-0.2, -0.15) is 5.10 Å². The molecular formula is C21H17FN2O5S. The van der Waals surface area contributed by atoms with Crippen LogP contribution in [0.25, 0.3) is 10.1 Å². The number of benzene rings is 1. The summed E-state index contributed by atoms with van der Waals surface area (Å²) in [6.07, 6.45) is 3.41. The van der Waals surface area contributed by atoms with Crippen LogP contribution in [-0.4, -0.2) is 28.3 Å². The van der Waals surface area contributed by atoms with Crippen LogP contribution in [0, 0.1) is 5.82 Å². The van der Waals surface area contributed by atoms with Gasteiger partial charge >= 0.3 is 11.9 Å². The van der Waals surface area contributed by atoms with Crippen LogP contribution in [0.15, 0.2) is 53.2 Å². The molecule has 0 aliphatic carbocycles. The number of carbonyl (C=O) groups is 2. The molecule has 7 nitrogen and oxygen atoms in total. The van der Waals surface area contributed by atoms with Gasteiger partial charge in [0.05, 0.1) is 13.2 Å². The van der Waals surface area contributed by atoms with Gasteiger partial charge in [0.25, 0.3) is 0 Å². The van der Waals surface area contributed by atoms with Crippen LogP contribution in [0.1, 0.15) is 38.5 Å². The van der Waals surface area contributed by atoms with Gasteiger partial charge in [0, 0.05) is 28.0 Å². The number of ether oxygens (including phenoxy) is 2. The Bertz CT molecular complexity index is 1200. The number of aromatic nitrogens is 2. The normalized spacial score (nSPS) is 11.0. The first-order chi connectivity index (χ1) is 14.6. The summed E-state index contributed by atoms with van der Waals surface area (Å²) in [6.45, 7) is 1.94. The van der Waals surface area contributed by atoms with E-state index in [0.717, 1.165) is 11.3 Å². The lowest BCUT2D eigenvalue weighted by Gasteiger charge is -2.06. The molecule has 0 bridgehead atoms. The number of esters is 2. The first-order valence-corrected chi connectivity index (χ1v) is 9.98. The SMILES string of the molecule is CCOC(=O)c1sc2cccc(F)c2c1COC(=O)c1ccc(Cn2cccn2)o1. The molecule has 0 unspecified atom stereocenters. The van der Waals surface area contributed by atoms with Crippen molar-refractivity contribution in [3.63, 3.8) is 0 Å². The molecule has 0 spiro atoms. The van der Waals surface area contributed by atoms with E-state index >= 15 is 0 Å². The minimum absolute atomic E-state index is 0.00912. The minimum Gasteiger partial charge on any atom is -0.462 e. The maximum atomic E-state index is 14.4. The fourth-order valence-corrected chi connectivity index (χ4v) is 4.12. The molecule has 30 heavy (non-hydrogen) atoms. The van der Waals surface area contributed by atoms with E-state index in [1.165, 1.54) is 12.1 Å². The van der Waals surface area contributed by atoms with Gasteiger partial charge in [-0.05, 0) is 37.3 Å². The predicted molar refractivity (Wildman–Crippen MR) is 107 cm³/mol. The molecule has 0 amide bonds. The van der Waals surface area contributed by atoms with E-state index in [1.54, 1.807) is 48.3 Å². The zero-order valence-corrected chi connectivity index (χ0v) is 16.8. The molecule has 0 saturated carbocycles. The summed E-state index contributed by atoms with van der Waals surface area (Å²) in [6, 6.07) is 9.49. The van der Waals surface area contributed by atoms with Crippen LogP contribution >= 0.6 is 11.3 Å². The number of fused-ring (bicyclic) bond motifs is 1. The van der Waals surface area contributed by atoms with Crippen molar-refractivity contribution in [1.29, 1.82) is 0 Å². The first-order valence-electron chi connectivity index (χ1n) is 9.17. The third-order valence-electron chi connectivity index (χ3n) is 4.31. The molecule has 0 aliphatic rings. The van der Waals surface area contributed by atoms with E-state index in [-0.39, 0.29) is 34.8 Å². The first kappa shape index (κ1) is 19.8. The van der Waals surface area contributed by atoms with E-state index in [9.17, 15) is 14.0 Å². The van der Waals surface area contributed by atoms with Crippen molar-refractivity contribution in [3.05, 3.63) is 76.6 Å². The lowest BCUT2D eigenvalue weighted by Crippen LogP contribution is -2.09. The summed E-state index contributed by atoms with van der Waals surface area (Å²) in [7, 11) is 0. The van der Waals surface area contributed by atoms with Gasteiger partial charge in [-0.15, -0.1) is 11.3 Å². The molecule has 3 aromatic heterocycles. The van der Waals surface area contributed by atoms with Crippen molar-refractivity contribution in [2.24, 2.45) is 0 Å². The van der Waals surface area contributed by atoms with Gasteiger partial charge in [-0.3, -0.25) is 4.68 Å². The predicted octanol–water partition coefficient (Wildman–Crippen LogP) is 4.41. The Labute approximate surface area is 174 Å². The van der Waals surface area contributed by atoms with Gasteiger partial charge in [-0.1, -0.05) is 6.07 Å². The molecular weight excluding hydrogens is 411 g/mol. The van der Waals surface area contributed by atoms with Crippen LogP contribution < -0.4 is 0 Å². The molecule has 9 heteroatoms. The van der Waals surface area contributed by atoms with E-state index in [1.807, 2.05) is 0 Å². The highest BCUT2D eigenvalue weighted by molar-refractivity contribution is 7.21. The molecule has 154 valence electrons. The molecule has 3 heterocycles. The Morgan fingerprint density at radius 3 is 2.80 bits per heavy atom. The quantitative estimate of drug-likeness (QED) is 0.406. The number of rotatable bonds is 7. The number of thiophene rings is 1. The lowest BCUT2D eigenvalue weighted by molar-refractivity contribution is 0.0422. The molecule has 0 radical (unpaired) electrons. The van der Waals surface area contributed by atoms with Gasteiger partial charge in [0.15, 0.2) is 0 Å². The zero-order chi connectivity index (χ0) is 21.1.